The lowest BCUT2D eigenvalue weighted by molar-refractivity contribution is 0.0748. The van der Waals surface area contributed by atoms with Crippen molar-refractivity contribution >= 4 is 16.8 Å². The summed E-state index contributed by atoms with van der Waals surface area (Å²) in [5.41, 5.74) is 6.37. The number of phenols is 1. The van der Waals surface area contributed by atoms with Crippen LogP contribution >= 0.6 is 0 Å². The Morgan fingerprint density at radius 3 is 2.77 bits per heavy atom. The van der Waals surface area contributed by atoms with E-state index in [2.05, 4.69) is 35.3 Å². The zero-order valence-corrected chi connectivity index (χ0v) is 17.5. The number of amides is 1. The maximum atomic E-state index is 13.3. The van der Waals surface area contributed by atoms with E-state index in [-0.39, 0.29) is 11.7 Å². The summed E-state index contributed by atoms with van der Waals surface area (Å²) in [5.74, 6) is 0.522. The molecule has 2 heterocycles. The number of carbonyl (C=O) groups excluding carboxylic acids is 1. The average Bonchev–Trinajstić information content (AvgIpc) is 3.36. The molecule has 0 atom stereocenters. The number of aromatic nitrogens is 2. The second-order valence-electron chi connectivity index (χ2n) is 8.05. The van der Waals surface area contributed by atoms with E-state index in [1.165, 1.54) is 5.56 Å². The van der Waals surface area contributed by atoms with Crippen molar-refractivity contribution in [2.24, 2.45) is 0 Å². The van der Waals surface area contributed by atoms with Crippen molar-refractivity contribution in [3.05, 3.63) is 88.1 Å². The number of hydrogen-bond acceptors (Lipinski definition) is 4. The highest BCUT2D eigenvalue weighted by Gasteiger charge is 2.27. The minimum atomic E-state index is -0.197. The molecule has 0 unspecified atom stereocenters. The third-order valence-electron chi connectivity index (χ3n) is 5.87. The molecule has 0 saturated heterocycles. The molecular weight excluding hydrogens is 390 g/mol. The second-order valence-corrected chi connectivity index (χ2v) is 8.05. The summed E-state index contributed by atoms with van der Waals surface area (Å²) in [7, 11) is 1.63. The molecule has 6 nitrogen and oxygen atoms in total. The van der Waals surface area contributed by atoms with Gasteiger partial charge in [0.05, 0.1) is 18.2 Å². The van der Waals surface area contributed by atoms with Gasteiger partial charge in [0.15, 0.2) is 0 Å². The lowest BCUT2D eigenvalue weighted by atomic mass is 10.0. The molecule has 1 aliphatic heterocycles. The lowest BCUT2D eigenvalue weighted by Gasteiger charge is -2.16. The van der Waals surface area contributed by atoms with Crippen molar-refractivity contribution < 1.29 is 14.6 Å². The summed E-state index contributed by atoms with van der Waals surface area (Å²) in [4.78, 5) is 15.0. The monoisotopic (exact) mass is 413 g/mol. The van der Waals surface area contributed by atoms with Gasteiger partial charge in [-0.25, -0.2) is 0 Å². The van der Waals surface area contributed by atoms with Crippen LogP contribution in [0.4, 0.5) is 0 Å². The number of aryl methyl sites for hydroxylation is 1. The van der Waals surface area contributed by atoms with Crippen molar-refractivity contribution in [1.29, 1.82) is 0 Å². The number of ether oxygens (including phenoxy) is 1. The highest BCUT2D eigenvalue weighted by atomic mass is 16.5. The summed E-state index contributed by atoms with van der Waals surface area (Å²) >= 11 is 0. The van der Waals surface area contributed by atoms with Gasteiger partial charge in [-0.1, -0.05) is 35.9 Å². The number of rotatable bonds is 4. The van der Waals surface area contributed by atoms with E-state index in [1.807, 2.05) is 24.3 Å². The van der Waals surface area contributed by atoms with Crippen LogP contribution in [0.2, 0.25) is 0 Å². The lowest BCUT2D eigenvalue weighted by Crippen LogP contribution is -2.25. The Morgan fingerprint density at radius 1 is 1.13 bits per heavy atom. The fraction of sp³-hybridized carbons (Fsp3) is 0.200. The highest BCUT2D eigenvalue weighted by Crippen LogP contribution is 2.32. The fourth-order valence-corrected chi connectivity index (χ4v) is 4.24. The zero-order valence-electron chi connectivity index (χ0n) is 17.5. The molecule has 2 N–H and O–H groups in total. The van der Waals surface area contributed by atoms with Crippen molar-refractivity contribution in [3.63, 3.8) is 0 Å². The van der Waals surface area contributed by atoms with Crippen LogP contribution in [0.1, 0.15) is 38.3 Å². The molecule has 0 saturated carbocycles. The first-order chi connectivity index (χ1) is 15.0. The van der Waals surface area contributed by atoms with Gasteiger partial charge >= 0.3 is 0 Å². The van der Waals surface area contributed by atoms with E-state index in [0.29, 0.717) is 30.6 Å². The minimum absolute atomic E-state index is 0.0559. The van der Waals surface area contributed by atoms with E-state index < -0.39 is 0 Å². The van der Waals surface area contributed by atoms with E-state index in [4.69, 9.17) is 4.74 Å². The Kier molecular flexibility index (Phi) is 4.62. The van der Waals surface area contributed by atoms with E-state index in [9.17, 15) is 9.90 Å². The Balaban J connectivity index is 1.46. The molecule has 0 spiro atoms. The molecule has 0 radical (unpaired) electrons. The minimum Gasteiger partial charge on any atom is -0.507 e. The molecule has 5 rings (SSSR count). The number of hydrogen-bond donors (Lipinski definition) is 2. The molecule has 0 bridgehead atoms. The number of nitrogens with one attached hydrogen (secondary N) is 1. The van der Waals surface area contributed by atoms with Crippen LogP contribution in [0.3, 0.4) is 0 Å². The van der Waals surface area contributed by atoms with Crippen LogP contribution in [-0.4, -0.2) is 33.2 Å². The number of H-pyrrole nitrogens is 1. The SMILES string of the molecule is COc1ccc2c(c1)CN(C(=O)c1cc3c(Cc4cccc(C)c4)[nH]nc3cc1O)C2. The van der Waals surface area contributed by atoms with Crippen LogP contribution in [0, 0.1) is 6.92 Å². The Hall–Kier alpha value is -3.80. The Bertz CT molecular complexity index is 1310. The molecule has 6 heteroatoms. The molecule has 1 amide bonds. The molecule has 3 aromatic carbocycles. The predicted octanol–water partition coefficient (Wildman–Crippen LogP) is 4.33. The summed E-state index contributed by atoms with van der Waals surface area (Å²) < 4.78 is 5.29. The number of fused-ring (bicyclic) bond motifs is 2. The predicted molar refractivity (Wildman–Crippen MR) is 118 cm³/mol. The zero-order chi connectivity index (χ0) is 21.5. The van der Waals surface area contributed by atoms with Gasteiger partial charge in [0, 0.05) is 36.7 Å². The van der Waals surface area contributed by atoms with Gasteiger partial charge in [0.1, 0.15) is 11.5 Å². The fourth-order valence-electron chi connectivity index (χ4n) is 4.24. The maximum absolute atomic E-state index is 13.3. The number of carbonyl (C=O) groups is 1. The van der Waals surface area contributed by atoms with Crippen molar-refractivity contribution in [3.8, 4) is 11.5 Å². The quantitative estimate of drug-likeness (QED) is 0.522. The van der Waals surface area contributed by atoms with Crippen LogP contribution < -0.4 is 4.74 Å². The molecule has 31 heavy (non-hydrogen) atoms. The first-order valence-electron chi connectivity index (χ1n) is 10.2. The van der Waals surface area contributed by atoms with Crippen LogP contribution in [0.25, 0.3) is 10.9 Å². The van der Waals surface area contributed by atoms with Gasteiger partial charge in [-0.05, 0) is 41.8 Å². The Labute approximate surface area is 180 Å². The molecule has 156 valence electrons. The maximum Gasteiger partial charge on any atom is 0.258 e. The first-order valence-corrected chi connectivity index (χ1v) is 10.2. The van der Waals surface area contributed by atoms with Gasteiger partial charge < -0.3 is 14.7 Å². The number of aromatic hydroxyl groups is 1. The van der Waals surface area contributed by atoms with E-state index >= 15 is 0 Å². The van der Waals surface area contributed by atoms with Gasteiger partial charge in [-0.3, -0.25) is 9.89 Å². The van der Waals surface area contributed by atoms with E-state index in [1.54, 1.807) is 24.1 Å². The number of phenolic OH excluding ortho intramolecular Hbond substituents is 1. The molecule has 0 fully saturated rings. The largest absolute Gasteiger partial charge is 0.507 e. The van der Waals surface area contributed by atoms with Gasteiger partial charge in [0.25, 0.3) is 5.91 Å². The van der Waals surface area contributed by atoms with Gasteiger partial charge in [-0.2, -0.15) is 5.10 Å². The summed E-state index contributed by atoms with van der Waals surface area (Å²) in [5, 5.41) is 18.8. The number of methoxy groups -OCH3 is 1. The van der Waals surface area contributed by atoms with Crippen LogP contribution in [0.15, 0.2) is 54.6 Å². The molecule has 4 aromatic rings. The standard InChI is InChI=1S/C25H23N3O3/c1-15-4-3-5-16(8-15)9-22-20-11-21(24(29)12-23(20)27-26-22)25(30)28-13-17-6-7-19(31-2)10-18(17)14-28/h3-8,10-12,29H,9,13-14H2,1-2H3,(H,26,27). The number of nitrogens with zero attached hydrogens (tertiary/aromatic N) is 2. The van der Waals surface area contributed by atoms with Crippen molar-refractivity contribution in [2.75, 3.05) is 7.11 Å². The first kappa shape index (κ1) is 19.2. The van der Waals surface area contributed by atoms with Crippen molar-refractivity contribution in [2.45, 2.75) is 26.4 Å². The number of benzene rings is 3. The molecule has 1 aromatic heterocycles. The topological polar surface area (TPSA) is 78.5 Å². The Morgan fingerprint density at radius 2 is 1.97 bits per heavy atom. The second kappa shape index (κ2) is 7.47. The summed E-state index contributed by atoms with van der Waals surface area (Å²) in [6, 6.07) is 17.5. The summed E-state index contributed by atoms with van der Waals surface area (Å²) in [6.07, 6.45) is 0.672. The van der Waals surface area contributed by atoms with Crippen LogP contribution in [0.5, 0.6) is 11.5 Å². The van der Waals surface area contributed by atoms with Crippen LogP contribution in [-0.2, 0) is 19.5 Å². The number of aromatic amines is 1. The summed E-state index contributed by atoms with van der Waals surface area (Å²) in [6.45, 7) is 3.06. The normalized spacial score (nSPS) is 12.9. The van der Waals surface area contributed by atoms with Crippen molar-refractivity contribution in [1.82, 2.24) is 15.1 Å². The highest BCUT2D eigenvalue weighted by molar-refractivity contribution is 6.01. The smallest absolute Gasteiger partial charge is 0.258 e. The third-order valence-corrected chi connectivity index (χ3v) is 5.87. The molecule has 1 aliphatic rings. The van der Waals surface area contributed by atoms with Gasteiger partial charge in [0.2, 0.25) is 0 Å². The molecular formula is C25H23N3O3. The average molecular weight is 413 g/mol. The molecule has 0 aliphatic carbocycles. The third kappa shape index (κ3) is 3.50. The van der Waals surface area contributed by atoms with Gasteiger partial charge in [-0.15, -0.1) is 0 Å². The van der Waals surface area contributed by atoms with E-state index in [0.717, 1.165) is 33.5 Å².